The highest BCUT2D eigenvalue weighted by molar-refractivity contribution is 7.99. The topological polar surface area (TPSA) is 136 Å². The summed E-state index contributed by atoms with van der Waals surface area (Å²) >= 11 is 1.46. The van der Waals surface area contributed by atoms with Gasteiger partial charge in [0, 0.05) is 39.8 Å². The van der Waals surface area contributed by atoms with Gasteiger partial charge in [0.25, 0.3) is 0 Å². The molecule has 11 heteroatoms. The van der Waals surface area contributed by atoms with E-state index in [0.29, 0.717) is 28.2 Å². The van der Waals surface area contributed by atoms with Crippen LogP contribution in [0.2, 0.25) is 0 Å². The third-order valence-electron chi connectivity index (χ3n) is 5.11. The van der Waals surface area contributed by atoms with Crippen molar-refractivity contribution >= 4 is 51.8 Å². The number of carbonyl (C=O) groups is 1. The van der Waals surface area contributed by atoms with Gasteiger partial charge in [-0.2, -0.15) is 5.10 Å². The van der Waals surface area contributed by atoms with Crippen LogP contribution in [0.1, 0.15) is 17.0 Å². The van der Waals surface area contributed by atoms with E-state index in [1.54, 1.807) is 6.33 Å². The summed E-state index contributed by atoms with van der Waals surface area (Å²) in [5, 5.41) is 16.6. The molecular weight excluding hydrogens is 462 g/mol. The smallest absolute Gasteiger partial charge is 0.323 e. The molecule has 0 bridgehead atoms. The number of nitrogens with zero attached hydrogens (tertiary/aromatic N) is 4. The maximum atomic E-state index is 12.5. The van der Waals surface area contributed by atoms with E-state index in [-0.39, 0.29) is 6.03 Å². The van der Waals surface area contributed by atoms with Crippen LogP contribution in [0.5, 0.6) is 0 Å². The number of anilines is 4. The van der Waals surface area contributed by atoms with Crippen molar-refractivity contribution in [3.05, 3.63) is 71.8 Å². The Morgan fingerprint density at radius 1 is 0.914 bits per heavy atom. The zero-order valence-electron chi connectivity index (χ0n) is 19.3. The normalized spacial score (nSPS) is 10.9. The first-order valence-corrected chi connectivity index (χ1v) is 11.7. The van der Waals surface area contributed by atoms with E-state index in [0.717, 1.165) is 32.9 Å². The minimum Gasteiger partial charge on any atom is -0.345 e. The molecule has 2 aromatic carbocycles. The molecule has 0 unspecified atom stereocenters. The number of aryl methyl sites for hydroxylation is 3. The lowest BCUT2D eigenvalue weighted by Crippen LogP contribution is -2.19. The van der Waals surface area contributed by atoms with Crippen LogP contribution < -0.4 is 16.0 Å². The molecule has 10 nitrogen and oxygen atoms in total. The average Bonchev–Trinajstić information content (AvgIpc) is 3.43. The fourth-order valence-electron chi connectivity index (χ4n) is 3.51. The van der Waals surface area contributed by atoms with Gasteiger partial charge in [0.05, 0.1) is 17.4 Å². The Balaban J connectivity index is 1.25. The number of nitrogens with one attached hydrogen (secondary N) is 5. The first kappa shape index (κ1) is 22.4. The molecule has 35 heavy (non-hydrogen) atoms. The van der Waals surface area contributed by atoms with E-state index < -0.39 is 0 Å². The molecule has 176 valence electrons. The largest absolute Gasteiger partial charge is 0.345 e. The first-order valence-electron chi connectivity index (χ1n) is 10.9. The van der Waals surface area contributed by atoms with Crippen molar-refractivity contribution in [1.82, 2.24) is 30.1 Å². The summed E-state index contributed by atoms with van der Waals surface area (Å²) in [5.74, 6) is 1.37. The molecule has 5 aromatic rings. The summed E-state index contributed by atoms with van der Waals surface area (Å²) < 4.78 is 0. The predicted molar refractivity (Wildman–Crippen MR) is 137 cm³/mol. The SMILES string of the molecule is Cc1cc(Nc2cc(C)[nH]n2)nc(Sc2ccc(NC(=O)Nc3ccc4nc[nH]c4c3)cc2C)n1. The maximum Gasteiger partial charge on any atom is 0.323 e. The number of H-pyrrole nitrogens is 2. The molecule has 0 aliphatic heterocycles. The maximum absolute atomic E-state index is 12.5. The van der Waals surface area contributed by atoms with Crippen LogP contribution in [0.3, 0.4) is 0 Å². The predicted octanol–water partition coefficient (Wildman–Crippen LogP) is 5.54. The summed E-state index contributed by atoms with van der Waals surface area (Å²) in [6.07, 6.45) is 1.62. The molecule has 2 amide bonds. The molecule has 3 aromatic heterocycles. The molecule has 5 rings (SSSR count). The van der Waals surface area contributed by atoms with Crippen molar-refractivity contribution in [2.24, 2.45) is 0 Å². The average molecular weight is 486 g/mol. The molecule has 0 aliphatic rings. The van der Waals surface area contributed by atoms with Crippen LogP contribution in [0.4, 0.5) is 27.8 Å². The van der Waals surface area contributed by atoms with Crippen molar-refractivity contribution in [3.63, 3.8) is 0 Å². The molecule has 0 aliphatic carbocycles. The fourth-order valence-corrected chi connectivity index (χ4v) is 4.40. The number of hydrogen-bond donors (Lipinski definition) is 5. The summed E-state index contributed by atoms with van der Waals surface area (Å²) in [6.45, 7) is 5.85. The minimum atomic E-state index is -0.324. The number of rotatable bonds is 6. The van der Waals surface area contributed by atoms with Crippen molar-refractivity contribution in [3.8, 4) is 0 Å². The van der Waals surface area contributed by atoms with E-state index in [1.165, 1.54) is 11.8 Å². The quantitative estimate of drug-likeness (QED) is 0.199. The third kappa shape index (κ3) is 5.41. The summed E-state index contributed by atoms with van der Waals surface area (Å²) in [4.78, 5) is 29.8. The number of imidazole rings is 1. The molecule has 0 atom stereocenters. The molecule has 5 N–H and O–H groups in total. The summed E-state index contributed by atoms with van der Waals surface area (Å²) in [5.41, 5.74) is 5.87. The molecule has 0 saturated carbocycles. The van der Waals surface area contributed by atoms with E-state index in [1.807, 2.05) is 69.3 Å². The zero-order valence-corrected chi connectivity index (χ0v) is 20.1. The van der Waals surface area contributed by atoms with Crippen LogP contribution in [-0.4, -0.2) is 36.2 Å². The van der Waals surface area contributed by atoms with Crippen molar-refractivity contribution in [2.45, 2.75) is 30.8 Å². The first-order chi connectivity index (χ1) is 16.9. The Kier molecular flexibility index (Phi) is 6.06. The monoisotopic (exact) mass is 485 g/mol. The number of amides is 2. The number of aromatic amines is 2. The van der Waals surface area contributed by atoms with Gasteiger partial charge in [-0.05, 0) is 74.5 Å². The number of benzene rings is 2. The van der Waals surface area contributed by atoms with Crippen molar-refractivity contribution < 1.29 is 4.79 Å². The Morgan fingerprint density at radius 3 is 2.49 bits per heavy atom. The molecule has 0 radical (unpaired) electrons. The number of fused-ring (bicyclic) bond motifs is 1. The number of hydrogen-bond acceptors (Lipinski definition) is 7. The van der Waals surface area contributed by atoms with Crippen molar-refractivity contribution in [1.29, 1.82) is 0 Å². The molecule has 0 saturated heterocycles. The zero-order chi connectivity index (χ0) is 24.4. The van der Waals surface area contributed by atoms with Gasteiger partial charge in [0.2, 0.25) is 0 Å². The van der Waals surface area contributed by atoms with Gasteiger partial charge in [-0.15, -0.1) is 0 Å². The number of aromatic nitrogens is 6. The summed E-state index contributed by atoms with van der Waals surface area (Å²) in [7, 11) is 0. The third-order valence-corrected chi connectivity index (χ3v) is 6.15. The van der Waals surface area contributed by atoms with Gasteiger partial charge in [-0.1, -0.05) is 0 Å². The Bertz CT molecular complexity index is 1520. The number of urea groups is 1. The van der Waals surface area contributed by atoms with Crippen molar-refractivity contribution in [2.75, 3.05) is 16.0 Å². The van der Waals surface area contributed by atoms with Crippen LogP contribution in [-0.2, 0) is 0 Å². The Labute approximate surface area is 205 Å². The highest BCUT2D eigenvalue weighted by Gasteiger charge is 2.10. The lowest BCUT2D eigenvalue weighted by Gasteiger charge is -2.11. The molecular formula is C24H23N9OS. The van der Waals surface area contributed by atoms with Gasteiger partial charge in [-0.3, -0.25) is 5.10 Å². The molecule has 0 spiro atoms. The Hall–Kier alpha value is -4.38. The standard InChI is InChI=1S/C24H23N9OS/c1-13-8-16(28-23(34)29-17-4-6-18-19(11-17)26-12-25-18)5-7-20(13)35-24-27-14(2)9-21(31-24)30-22-10-15(3)32-33-22/h4-12H,1-3H3,(H,25,26)(H2,28,29,34)(H2,27,30,31,32,33). The van der Waals surface area contributed by atoms with Crippen LogP contribution in [0, 0.1) is 20.8 Å². The van der Waals surface area contributed by atoms with E-state index in [9.17, 15) is 4.79 Å². The van der Waals surface area contributed by atoms with Gasteiger partial charge >= 0.3 is 6.03 Å². The minimum absolute atomic E-state index is 0.324. The summed E-state index contributed by atoms with van der Waals surface area (Å²) in [6, 6.07) is 14.7. The fraction of sp³-hybridized carbons (Fsp3) is 0.125. The highest BCUT2D eigenvalue weighted by atomic mass is 32.2. The van der Waals surface area contributed by atoms with Crippen LogP contribution in [0.25, 0.3) is 11.0 Å². The van der Waals surface area contributed by atoms with E-state index in [2.05, 4.69) is 46.1 Å². The van der Waals surface area contributed by atoms with Crippen LogP contribution >= 0.6 is 11.8 Å². The molecule has 3 heterocycles. The second kappa shape index (κ2) is 9.47. The van der Waals surface area contributed by atoms with E-state index >= 15 is 0 Å². The second-order valence-corrected chi connectivity index (χ2v) is 9.04. The van der Waals surface area contributed by atoms with Gasteiger partial charge in [0.1, 0.15) is 5.82 Å². The number of carbonyl (C=O) groups excluding carboxylic acids is 1. The van der Waals surface area contributed by atoms with Gasteiger partial charge in [-0.25, -0.2) is 19.7 Å². The van der Waals surface area contributed by atoms with Crippen LogP contribution in [0.15, 0.2) is 64.9 Å². The Morgan fingerprint density at radius 2 is 1.71 bits per heavy atom. The lowest BCUT2D eigenvalue weighted by atomic mass is 10.2. The molecule has 0 fully saturated rings. The second-order valence-electron chi connectivity index (χ2n) is 8.03. The lowest BCUT2D eigenvalue weighted by molar-refractivity contribution is 0.262. The van der Waals surface area contributed by atoms with E-state index in [4.69, 9.17) is 0 Å². The van der Waals surface area contributed by atoms with Gasteiger partial charge < -0.3 is 20.9 Å². The van der Waals surface area contributed by atoms with Gasteiger partial charge in [0.15, 0.2) is 11.0 Å². The highest BCUT2D eigenvalue weighted by Crippen LogP contribution is 2.31.